The van der Waals surface area contributed by atoms with E-state index in [1.165, 1.54) is 4.57 Å². The highest BCUT2D eigenvalue weighted by Crippen LogP contribution is 2.42. The maximum atomic E-state index is 13.8. The van der Waals surface area contributed by atoms with Gasteiger partial charge in [0.1, 0.15) is 11.9 Å². The second-order valence-electron chi connectivity index (χ2n) is 7.80. The number of hydrogen-bond donors (Lipinski definition) is 2. The van der Waals surface area contributed by atoms with Gasteiger partial charge in [-0.1, -0.05) is 60.7 Å². The monoisotopic (exact) mass is 423 g/mol. The van der Waals surface area contributed by atoms with Crippen LogP contribution in [-0.4, -0.2) is 32.5 Å². The average Bonchev–Trinajstić information content (AvgIpc) is 3.21. The van der Waals surface area contributed by atoms with Gasteiger partial charge in [-0.15, -0.1) is 0 Å². The number of imidazole rings is 1. The molecule has 5 rings (SSSR count). The van der Waals surface area contributed by atoms with Crippen LogP contribution >= 0.6 is 0 Å². The van der Waals surface area contributed by atoms with E-state index >= 15 is 0 Å². The van der Waals surface area contributed by atoms with Crippen LogP contribution in [0.25, 0.3) is 16.6 Å². The zero-order valence-corrected chi connectivity index (χ0v) is 17.4. The van der Waals surface area contributed by atoms with Crippen molar-refractivity contribution in [2.24, 2.45) is 0 Å². The molecule has 158 valence electrons. The van der Waals surface area contributed by atoms with Crippen LogP contribution in [0.1, 0.15) is 39.4 Å². The van der Waals surface area contributed by atoms with Gasteiger partial charge in [-0.05, 0) is 36.8 Å². The molecule has 1 aromatic heterocycles. The zero-order chi connectivity index (χ0) is 22.2. The molecule has 0 aliphatic carbocycles. The number of amides is 1. The van der Waals surface area contributed by atoms with Gasteiger partial charge in [0.15, 0.2) is 0 Å². The Hall–Kier alpha value is -4.19. The summed E-state index contributed by atoms with van der Waals surface area (Å²) in [6, 6.07) is 24.6. The summed E-state index contributed by atoms with van der Waals surface area (Å²) in [5.74, 6) is -0.785. The second kappa shape index (κ2) is 7.81. The largest absolute Gasteiger partial charge is 0.512 e. The van der Waals surface area contributed by atoms with Gasteiger partial charge in [0.05, 0.1) is 16.8 Å². The van der Waals surface area contributed by atoms with Gasteiger partial charge in [0.25, 0.3) is 11.8 Å². The normalized spacial score (nSPS) is 19.5. The Bertz CT molecular complexity index is 1350. The summed E-state index contributed by atoms with van der Waals surface area (Å²) in [5.41, 5.74) is 3.07. The first kappa shape index (κ1) is 19.8. The molecule has 1 amide bonds. The van der Waals surface area contributed by atoms with Crippen molar-refractivity contribution in [3.63, 3.8) is 0 Å². The molecule has 1 aliphatic rings. The van der Waals surface area contributed by atoms with Gasteiger partial charge in [0.2, 0.25) is 0 Å². The van der Waals surface area contributed by atoms with E-state index in [0.29, 0.717) is 28.0 Å². The number of aliphatic hydroxyl groups is 1. The maximum absolute atomic E-state index is 13.8. The Morgan fingerprint density at radius 3 is 2.25 bits per heavy atom. The molecule has 0 unspecified atom stereocenters. The van der Waals surface area contributed by atoms with E-state index in [9.17, 15) is 14.7 Å². The fourth-order valence-corrected chi connectivity index (χ4v) is 4.38. The van der Waals surface area contributed by atoms with Crippen LogP contribution in [0.15, 0.2) is 90.7 Å². The number of para-hydroxylation sites is 2. The number of nitrogens with one attached hydrogen (secondary N) is 1. The lowest BCUT2D eigenvalue weighted by Gasteiger charge is -2.34. The molecule has 0 saturated carbocycles. The lowest BCUT2D eigenvalue weighted by atomic mass is 9.80. The molecular weight excluding hydrogens is 402 g/mol. The van der Waals surface area contributed by atoms with E-state index in [4.69, 9.17) is 0 Å². The maximum Gasteiger partial charge on any atom is 0.256 e. The minimum absolute atomic E-state index is 0.0573. The number of aliphatic hydroxyl groups excluding tert-OH is 1. The average molecular weight is 423 g/mol. The fraction of sp³-hybridized carbons (Fsp3) is 0.115. The van der Waals surface area contributed by atoms with Crippen molar-refractivity contribution < 1.29 is 14.7 Å². The Kier molecular flexibility index (Phi) is 4.82. The lowest BCUT2D eigenvalue weighted by Crippen LogP contribution is -2.50. The minimum Gasteiger partial charge on any atom is -0.512 e. The molecule has 32 heavy (non-hydrogen) atoms. The Labute approximate surface area is 184 Å². The number of fused-ring (bicyclic) bond motifs is 3. The SMILES string of the molecule is CC(O)=C1c2nc3ccccc3n2C(=O)[C@H](NC(=O)c2ccccc2)[C@H]1c1ccccc1. The van der Waals surface area contributed by atoms with Crippen molar-refractivity contribution in [3.8, 4) is 0 Å². The van der Waals surface area contributed by atoms with E-state index in [1.54, 1.807) is 31.2 Å². The number of carbonyl (C=O) groups excluding carboxylic acids is 2. The van der Waals surface area contributed by atoms with E-state index in [1.807, 2.05) is 60.7 Å². The summed E-state index contributed by atoms with van der Waals surface area (Å²) in [6.45, 7) is 1.58. The van der Waals surface area contributed by atoms with Crippen molar-refractivity contribution >= 4 is 28.4 Å². The molecule has 6 heteroatoms. The Morgan fingerprint density at radius 2 is 1.56 bits per heavy atom. The van der Waals surface area contributed by atoms with Crippen molar-refractivity contribution in [1.29, 1.82) is 0 Å². The van der Waals surface area contributed by atoms with Crippen LogP contribution in [0.5, 0.6) is 0 Å². The number of carbonyl (C=O) groups is 2. The van der Waals surface area contributed by atoms with Crippen LogP contribution in [-0.2, 0) is 0 Å². The standard InChI is InChI=1S/C26H21N3O3/c1-16(30)21-22(17-10-4-2-5-11-17)23(28-25(31)18-12-6-3-7-13-18)26(32)29-20-15-9-8-14-19(20)27-24(21)29/h2-15,22-23,30H,1H3,(H,28,31)/t22-,23+/m0/s1. The van der Waals surface area contributed by atoms with Gasteiger partial charge >= 0.3 is 0 Å². The summed E-state index contributed by atoms with van der Waals surface area (Å²) >= 11 is 0. The van der Waals surface area contributed by atoms with Crippen LogP contribution in [0.4, 0.5) is 0 Å². The summed E-state index contributed by atoms with van der Waals surface area (Å²) in [7, 11) is 0. The first-order chi connectivity index (χ1) is 15.6. The molecule has 2 N–H and O–H groups in total. The van der Waals surface area contributed by atoms with Crippen LogP contribution in [0.2, 0.25) is 0 Å². The fourth-order valence-electron chi connectivity index (χ4n) is 4.38. The molecule has 0 saturated heterocycles. The summed E-state index contributed by atoms with van der Waals surface area (Å²) < 4.78 is 1.50. The van der Waals surface area contributed by atoms with Crippen LogP contribution < -0.4 is 5.32 Å². The predicted molar refractivity (Wildman–Crippen MR) is 122 cm³/mol. The number of hydrogen-bond acceptors (Lipinski definition) is 4. The van der Waals surface area contributed by atoms with Crippen molar-refractivity contribution in [2.45, 2.75) is 18.9 Å². The summed E-state index contributed by atoms with van der Waals surface area (Å²) in [4.78, 5) is 31.5. The number of benzene rings is 3. The molecule has 6 nitrogen and oxygen atoms in total. The summed E-state index contributed by atoms with van der Waals surface area (Å²) in [6.07, 6.45) is 0. The van der Waals surface area contributed by atoms with Gasteiger partial charge < -0.3 is 10.4 Å². The van der Waals surface area contributed by atoms with Gasteiger partial charge in [0, 0.05) is 17.1 Å². The molecule has 2 heterocycles. The van der Waals surface area contributed by atoms with E-state index < -0.39 is 12.0 Å². The number of allylic oxidation sites excluding steroid dienone is 1. The van der Waals surface area contributed by atoms with Gasteiger partial charge in [-0.2, -0.15) is 0 Å². The second-order valence-corrected chi connectivity index (χ2v) is 7.80. The van der Waals surface area contributed by atoms with Gasteiger partial charge in [-0.25, -0.2) is 4.98 Å². The number of rotatable bonds is 3. The highest BCUT2D eigenvalue weighted by Gasteiger charge is 2.43. The van der Waals surface area contributed by atoms with E-state index in [0.717, 1.165) is 5.56 Å². The number of nitrogens with zero attached hydrogens (tertiary/aromatic N) is 2. The molecule has 4 aromatic rings. The third kappa shape index (κ3) is 3.17. The van der Waals surface area contributed by atoms with E-state index in [-0.39, 0.29) is 17.6 Å². The molecule has 0 bridgehead atoms. The molecule has 3 aromatic carbocycles. The quantitative estimate of drug-likeness (QED) is 0.473. The van der Waals surface area contributed by atoms with E-state index in [2.05, 4.69) is 10.3 Å². The first-order valence-corrected chi connectivity index (χ1v) is 10.4. The Morgan fingerprint density at radius 1 is 0.938 bits per heavy atom. The van der Waals surface area contributed by atoms with Crippen molar-refractivity contribution in [2.75, 3.05) is 0 Å². The molecule has 1 aliphatic heterocycles. The topological polar surface area (TPSA) is 84.2 Å². The molecule has 2 atom stereocenters. The first-order valence-electron chi connectivity index (χ1n) is 10.4. The zero-order valence-electron chi connectivity index (χ0n) is 17.4. The number of aromatic nitrogens is 2. The minimum atomic E-state index is -0.924. The third-order valence-corrected chi connectivity index (χ3v) is 5.80. The Balaban J connectivity index is 1.72. The smallest absolute Gasteiger partial charge is 0.256 e. The molecular formula is C26H21N3O3. The predicted octanol–water partition coefficient (Wildman–Crippen LogP) is 4.56. The molecule has 0 fully saturated rings. The van der Waals surface area contributed by atoms with Crippen LogP contribution in [0, 0.1) is 0 Å². The van der Waals surface area contributed by atoms with Crippen LogP contribution in [0.3, 0.4) is 0 Å². The molecule has 0 radical (unpaired) electrons. The van der Waals surface area contributed by atoms with Crippen molar-refractivity contribution in [1.82, 2.24) is 14.9 Å². The van der Waals surface area contributed by atoms with Crippen molar-refractivity contribution in [3.05, 3.63) is 108 Å². The van der Waals surface area contributed by atoms with Gasteiger partial charge in [-0.3, -0.25) is 14.2 Å². The highest BCUT2D eigenvalue weighted by molar-refractivity contribution is 6.05. The lowest BCUT2D eigenvalue weighted by molar-refractivity contribution is 0.0790. The molecule has 0 spiro atoms. The summed E-state index contributed by atoms with van der Waals surface area (Å²) in [5, 5.41) is 13.7. The third-order valence-electron chi connectivity index (χ3n) is 5.80. The highest BCUT2D eigenvalue weighted by atomic mass is 16.3.